The molecule has 0 aliphatic carbocycles. The number of carbonyl (C=O) groups is 1. The molecule has 1 aromatic carbocycles. The summed E-state index contributed by atoms with van der Waals surface area (Å²) in [5, 5.41) is 9.23. The van der Waals surface area contributed by atoms with Gasteiger partial charge in [-0.1, -0.05) is 37.6 Å². The van der Waals surface area contributed by atoms with Gasteiger partial charge in [-0.2, -0.15) is 0 Å². The van der Waals surface area contributed by atoms with Crippen molar-refractivity contribution >= 4 is 17.3 Å². The van der Waals surface area contributed by atoms with Gasteiger partial charge in [-0.3, -0.25) is 0 Å². The first-order chi connectivity index (χ1) is 9.61. The maximum absolute atomic E-state index is 11.2. The first kappa shape index (κ1) is 14.6. The fraction of sp³-hybridized carbons (Fsp3) is 0.312. The topological polar surface area (TPSA) is 46.5 Å². The monoisotopic (exact) mass is 290 g/mol. The van der Waals surface area contributed by atoms with Crippen molar-refractivity contribution in [2.24, 2.45) is 0 Å². The molecule has 2 aromatic rings. The van der Waals surface area contributed by atoms with Crippen molar-refractivity contribution in [3.05, 3.63) is 51.2 Å². The second kappa shape index (κ2) is 6.57. The molecular formula is C16H18O3S. The van der Waals surface area contributed by atoms with Crippen LogP contribution < -0.4 is 4.74 Å². The van der Waals surface area contributed by atoms with Gasteiger partial charge in [-0.15, -0.1) is 11.3 Å². The molecule has 0 atom stereocenters. The molecule has 0 aliphatic heterocycles. The summed E-state index contributed by atoms with van der Waals surface area (Å²) >= 11 is 1.31. The molecule has 1 heterocycles. The van der Waals surface area contributed by atoms with Crippen molar-refractivity contribution in [3.63, 3.8) is 0 Å². The van der Waals surface area contributed by atoms with Gasteiger partial charge in [-0.25, -0.2) is 4.79 Å². The zero-order chi connectivity index (χ0) is 14.5. The third-order valence-corrected chi connectivity index (χ3v) is 4.25. The Morgan fingerprint density at radius 2 is 2.10 bits per heavy atom. The SMILES string of the molecule is CCCc1cc(OCc2ccccc2C)c(C(=O)O)s1. The number of ether oxygens (including phenoxy) is 1. The summed E-state index contributed by atoms with van der Waals surface area (Å²) in [5.41, 5.74) is 2.22. The van der Waals surface area contributed by atoms with Crippen LogP contribution in [0.2, 0.25) is 0 Å². The Morgan fingerprint density at radius 3 is 2.75 bits per heavy atom. The van der Waals surface area contributed by atoms with Crippen LogP contribution in [0.25, 0.3) is 0 Å². The summed E-state index contributed by atoms with van der Waals surface area (Å²) in [5.74, 6) is -0.439. The molecule has 4 heteroatoms. The summed E-state index contributed by atoms with van der Waals surface area (Å²) in [7, 11) is 0. The van der Waals surface area contributed by atoms with Crippen LogP contribution in [0.5, 0.6) is 5.75 Å². The highest BCUT2D eigenvalue weighted by molar-refractivity contribution is 7.14. The Hall–Kier alpha value is -1.81. The lowest BCUT2D eigenvalue weighted by Gasteiger charge is -2.07. The first-order valence-electron chi connectivity index (χ1n) is 6.65. The summed E-state index contributed by atoms with van der Waals surface area (Å²) in [6.07, 6.45) is 1.88. The van der Waals surface area contributed by atoms with Crippen molar-refractivity contribution in [1.82, 2.24) is 0 Å². The molecular weight excluding hydrogens is 272 g/mol. The van der Waals surface area contributed by atoms with E-state index in [-0.39, 0.29) is 0 Å². The molecule has 0 amide bonds. The lowest BCUT2D eigenvalue weighted by atomic mass is 10.1. The van der Waals surface area contributed by atoms with Crippen LogP contribution in [0.15, 0.2) is 30.3 Å². The molecule has 2 rings (SSSR count). The zero-order valence-electron chi connectivity index (χ0n) is 11.7. The van der Waals surface area contributed by atoms with Gasteiger partial charge in [0.05, 0.1) is 0 Å². The maximum Gasteiger partial charge on any atom is 0.349 e. The minimum atomic E-state index is -0.919. The number of carboxylic acids is 1. The quantitative estimate of drug-likeness (QED) is 0.863. The highest BCUT2D eigenvalue weighted by atomic mass is 32.1. The number of rotatable bonds is 6. The molecule has 0 aliphatic rings. The van der Waals surface area contributed by atoms with Gasteiger partial charge < -0.3 is 9.84 Å². The van der Waals surface area contributed by atoms with Gasteiger partial charge >= 0.3 is 5.97 Å². The summed E-state index contributed by atoms with van der Waals surface area (Å²) in [6, 6.07) is 9.81. The molecule has 0 saturated heterocycles. The Kier molecular flexibility index (Phi) is 4.79. The molecule has 1 N–H and O–H groups in total. The molecule has 0 spiro atoms. The van der Waals surface area contributed by atoms with Crippen molar-refractivity contribution in [3.8, 4) is 5.75 Å². The number of aryl methyl sites for hydroxylation is 2. The number of hydrogen-bond donors (Lipinski definition) is 1. The third kappa shape index (κ3) is 3.39. The van der Waals surface area contributed by atoms with Crippen LogP contribution in [0, 0.1) is 6.92 Å². The van der Waals surface area contributed by atoms with Gasteiger partial charge in [0.2, 0.25) is 0 Å². The fourth-order valence-electron chi connectivity index (χ4n) is 1.98. The standard InChI is InChI=1S/C16H18O3S/c1-3-6-13-9-14(15(20-13)16(17)18)19-10-12-8-5-4-7-11(12)2/h4-5,7-9H,3,6,10H2,1-2H3,(H,17,18). The van der Waals surface area contributed by atoms with Gasteiger partial charge in [0.25, 0.3) is 0 Å². The molecule has 0 unspecified atom stereocenters. The predicted octanol–water partition coefficient (Wildman–Crippen LogP) is 4.29. The fourth-order valence-corrected chi connectivity index (χ4v) is 3.02. The highest BCUT2D eigenvalue weighted by Gasteiger charge is 2.16. The Morgan fingerprint density at radius 1 is 1.35 bits per heavy atom. The van der Waals surface area contributed by atoms with E-state index in [0.717, 1.165) is 28.8 Å². The van der Waals surface area contributed by atoms with Gasteiger partial charge in [0.15, 0.2) is 4.88 Å². The predicted molar refractivity (Wildman–Crippen MR) is 80.8 cm³/mol. The largest absolute Gasteiger partial charge is 0.487 e. The maximum atomic E-state index is 11.2. The average Bonchev–Trinajstić information content (AvgIpc) is 2.82. The molecule has 0 fully saturated rings. The van der Waals surface area contributed by atoms with Crippen molar-refractivity contribution in [2.45, 2.75) is 33.3 Å². The van der Waals surface area contributed by atoms with E-state index in [1.54, 1.807) is 0 Å². The van der Waals surface area contributed by atoms with E-state index in [1.807, 2.05) is 37.3 Å². The smallest absolute Gasteiger partial charge is 0.349 e. The Balaban J connectivity index is 2.16. The highest BCUT2D eigenvalue weighted by Crippen LogP contribution is 2.31. The zero-order valence-corrected chi connectivity index (χ0v) is 12.5. The van der Waals surface area contributed by atoms with E-state index < -0.39 is 5.97 Å². The molecule has 0 saturated carbocycles. The Labute approximate surface area is 122 Å². The lowest BCUT2D eigenvalue weighted by Crippen LogP contribution is -2.01. The summed E-state index contributed by atoms with van der Waals surface area (Å²) in [6.45, 7) is 4.50. The molecule has 20 heavy (non-hydrogen) atoms. The van der Waals surface area contributed by atoms with E-state index in [9.17, 15) is 9.90 Å². The van der Waals surface area contributed by atoms with Crippen molar-refractivity contribution < 1.29 is 14.6 Å². The second-order valence-electron chi connectivity index (χ2n) is 4.68. The van der Waals surface area contributed by atoms with Crippen molar-refractivity contribution in [1.29, 1.82) is 0 Å². The number of hydrogen-bond acceptors (Lipinski definition) is 3. The summed E-state index contributed by atoms with van der Waals surface area (Å²) in [4.78, 5) is 12.6. The van der Waals surface area contributed by atoms with Gasteiger partial charge in [-0.05, 0) is 30.5 Å². The van der Waals surface area contributed by atoms with E-state index in [0.29, 0.717) is 17.2 Å². The number of carboxylic acid groups (broad SMARTS) is 1. The normalized spacial score (nSPS) is 10.5. The van der Waals surface area contributed by atoms with Gasteiger partial charge in [0, 0.05) is 4.88 Å². The van der Waals surface area contributed by atoms with Gasteiger partial charge in [0.1, 0.15) is 12.4 Å². The molecule has 0 radical (unpaired) electrons. The number of thiophene rings is 1. The van der Waals surface area contributed by atoms with Crippen molar-refractivity contribution in [2.75, 3.05) is 0 Å². The third-order valence-electron chi connectivity index (χ3n) is 3.08. The van der Waals surface area contributed by atoms with Crippen LogP contribution >= 0.6 is 11.3 Å². The minimum Gasteiger partial charge on any atom is -0.487 e. The van der Waals surface area contributed by atoms with Crippen LogP contribution in [0.4, 0.5) is 0 Å². The lowest BCUT2D eigenvalue weighted by molar-refractivity contribution is 0.0697. The van der Waals surface area contributed by atoms with E-state index in [2.05, 4.69) is 6.92 Å². The van der Waals surface area contributed by atoms with Crippen LogP contribution in [0.1, 0.15) is 39.0 Å². The molecule has 3 nitrogen and oxygen atoms in total. The number of aromatic carboxylic acids is 1. The van der Waals surface area contributed by atoms with E-state index in [1.165, 1.54) is 11.3 Å². The van der Waals surface area contributed by atoms with E-state index >= 15 is 0 Å². The summed E-state index contributed by atoms with van der Waals surface area (Å²) < 4.78 is 5.72. The van der Waals surface area contributed by atoms with Crippen LogP contribution in [-0.4, -0.2) is 11.1 Å². The minimum absolute atomic E-state index is 0.294. The van der Waals surface area contributed by atoms with E-state index in [4.69, 9.17) is 4.74 Å². The molecule has 1 aromatic heterocycles. The number of benzene rings is 1. The molecule has 106 valence electrons. The second-order valence-corrected chi connectivity index (χ2v) is 5.81. The average molecular weight is 290 g/mol. The van der Waals surface area contributed by atoms with Crippen LogP contribution in [-0.2, 0) is 13.0 Å². The van der Waals surface area contributed by atoms with Crippen LogP contribution in [0.3, 0.4) is 0 Å². The first-order valence-corrected chi connectivity index (χ1v) is 7.46. The Bertz CT molecular complexity index is 602. The molecule has 0 bridgehead atoms.